The molecule has 0 radical (unpaired) electrons. The van der Waals surface area contributed by atoms with Crippen LogP contribution in [0.2, 0.25) is 0 Å². The molecule has 2 heterocycles. The van der Waals surface area contributed by atoms with Crippen LogP contribution in [0.25, 0.3) is 10.9 Å². The SMILES string of the molecule is COc1ccc(N2C[C@@H](C)C[C@@H](NC(=O)OC(C)(C)C)C2)c2cccnc12. The summed E-state index contributed by atoms with van der Waals surface area (Å²) < 4.78 is 10.9. The second-order valence-electron chi connectivity index (χ2n) is 8.28. The second kappa shape index (κ2) is 7.62. The molecular weight excluding hydrogens is 342 g/mol. The molecule has 0 saturated carbocycles. The first-order chi connectivity index (χ1) is 12.8. The molecule has 1 amide bonds. The summed E-state index contributed by atoms with van der Waals surface area (Å²) in [5.74, 6) is 1.22. The summed E-state index contributed by atoms with van der Waals surface area (Å²) in [6, 6.07) is 8.08. The molecule has 1 aliphatic heterocycles. The largest absolute Gasteiger partial charge is 0.494 e. The molecule has 6 heteroatoms. The Balaban J connectivity index is 1.83. The van der Waals surface area contributed by atoms with E-state index in [9.17, 15) is 4.79 Å². The lowest BCUT2D eigenvalue weighted by Crippen LogP contribution is -2.51. The molecule has 2 aromatic rings. The summed E-state index contributed by atoms with van der Waals surface area (Å²) >= 11 is 0. The Kier molecular flexibility index (Phi) is 5.44. The van der Waals surface area contributed by atoms with Crippen LogP contribution in [-0.4, -0.2) is 42.9 Å². The molecule has 1 aromatic heterocycles. The Morgan fingerprint density at radius 3 is 2.74 bits per heavy atom. The van der Waals surface area contributed by atoms with E-state index in [1.54, 1.807) is 13.3 Å². The van der Waals surface area contributed by atoms with Gasteiger partial charge in [-0.3, -0.25) is 4.98 Å². The number of pyridine rings is 1. The molecule has 27 heavy (non-hydrogen) atoms. The van der Waals surface area contributed by atoms with Crippen molar-refractivity contribution in [3.05, 3.63) is 30.5 Å². The fraction of sp³-hybridized carbons (Fsp3) is 0.524. The van der Waals surface area contributed by atoms with E-state index in [-0.39, 0.29) is 12.1 Å². The number of carbonyl (C=O) groups is 1. The van der Waals surface area contributed by atoms with Crippen LogP contribution in [0.15, 0.2) is 30.5 Å². The van der Waals surface area contributed by atoms with Gasteiger partial charge in [-0.15, -0.1) is 0 Å². The molecule has 1 fully saturated rings. The van der Waals surface area contributed by atoms with Gasteiger partial charge in [0.05, 0.1) is 7.11 Å². The highest BCUT2D eigenvalue weighted by Gasteiger charge is 2.28. The first-order valence-electron chi connectivity index (χ1n) is 9.43. The van der Waals surface area contributed by atoms with Crippen LogP contribution in [0.4, 0.5) is 10.5 Å². The van der Waals surface area contributed by atoms with Crippen molar-refractivity contribution in [3.8, 4) is 5.75 Å². The number of aromatic nitrogens is 1. The van der Waals surface area contributed by atoms with Crippen molar-refractivity contribution in [1.29, 1.82) is 0 Å². The van der Waals surface area contributed by atoms with E-state index < -0.39 is 5.60 Å². The lowest BCUT2D eigenvalue weighted by molar-refractivity contribution is 0.0495. The number of benzene rings is 1. The van der Waals surface area contributed by atoms with Crippen molar-refractivity contribution in [2.24, 2.45) is 5.92 Å². The van der Waals surface area contributed by atoms with Crippen molar-refractivity contribution in [2.45, 2.75) is 45.8 Å². The second-order valence-corrected chi connectivity index (χ2v) is 8.28. The lowest BCUT2D eigenvalue weighted by Gasteiger charge is -2.39. The molecule has 1 N–H and O–H groups in total. The van der Waals surface area contributed by atoms with Gasteiger partial charge in [0.25, 0.3) is 0 Å². The van der Waals surface area contributed by atoms with Gasteiger partial charge >= 0.3 is 6.09 Å². The first-order valence-corrected chi connectivity index (χ1v) is 9.43. The standard InChI is InChI=1S/C21H29N3O3/c1-14-11-15(23-20(25)27-21(2,3)4)13-24(12-14)17-8-9-18(26-5)19-16(17)7-6-10-22-19/h6-10,14-15H,11-13H2,1-5H3,(H,23,25)/t14-,15+/m0/s1. The van der Waals surface area contributed by atoms with Crippen molar-refractivity contribution in [2.75, 3.05) is 25.1 Å². The van der Waals surface area contributed by atoms with Crippen LogP contribution in [0.3, 0.4) is 0 Å². The van der Waals surface area contributed by atoms with Gasteiger partial charge in [-0.1, -0.05) is 6.92 Å². The third-order valence-corrected chi connectivity index (χ3v) is 4.65. The third-order valence-electron chi connectivity index (χ3n) is 4.65. The smallest absolute Gasteiger partial charge is 0.407 e. The number of alkyl carbamates (subject to hydrolysis) is 1. The number of hydrogen-bond donors (Lipinski definition) is 1. The number of rotatable bonds is 3. The normalized spacial score (nSPS) is 20.4. The maximum absolute atomic E-state index is 12.2. The summed E-state index contributed by atoms with van der Waals surface area (Å²) in [4.78, 5) is 19.0. The summed E-state index contributed by atoms with van der Waals surface area (Å²) in [6.07, 6.45) is 2.35. The van der Waals surface area contributed by atoms with Crippen LogP contribution in [0.1, 0.15) is 34.1 Å². The number of piperidine rings is 1. The van der Waals surface area contributed by atoms with Gasteiger partial charge in [-0.2, -0.15) is 0 Å². The zero-order valence-electron chi connectivity index (χ0n) is 16.8. The molecule has 1 aliphatic rings. The fourth-order valence-corrected chi connectivity index (χ4v) is 3.70. The van der Waals surface area contributed by atoms with E-state index in [1.807, 2.05) is 32.9 Å². The zero-order valence-corrected chi connectivity index (χ0v) is 16.8. The minimum atomic E-state index is -0.498. The Morgan fingerprint density at radius 1 is 1.26 bits per heavy atom. The molecule has 2 atom stereocenters. The van der Waals surface area contributed by atoms with Gasteiger partial charge in [0.2, 0.25) is 0 Å². The molecule has 146 valence electrons. The summed E-state index contributed by atoms with van der Waals surface area (Å²) in [7, 11) is 1.66. The van der Waals surface area contributed by atoms with Crippen molar-refractivity contribution < 1.29 is 14.3 Å². The number of fused-ring (bicyclic) bond motifs is 1. The molecule has 0 unspecified atom stereocenters. The topological polar surface area (TPSA) is 63.7 Å². The third kappa shape index (κ3) is 4.62. The van der Waals surface area contributed by atoms with Gasteiger partial charge in [0, 0.05) is 36.4 Å². The van der Waals surface area contributed by atoms with Gasteiger partial charge in [-0.05, 0) is 57.4 Å². The fourth-order valence-electron chi connectivity index (χ4n) is 3.70. The van der Waals surface area contributed by atoms with Crippen LogP contribution >= 0.6 is 0 Å². The number of amides is 1. The molecular formula is C21H29N3O3. The molecule has 0 spiro atoms. The quantitative estimate of drug-likeness (QED) is 0.884. The van der Waals surface area contributed by atoms with E-state index in [4.69, 9.17) is 9.47 Å². The van der Waals surface area contributed by atoms with Gasteiger partial charge in [0.15, 0.2) is 0 Å². The summed E-state index contributed by atoms with van der Waals surface area (Å²) in [6.45, 7) is 9.50. The molecule has 0 aliphatic carbocycles. The number of nitrogens with zero attached hydrogens (tertiary/aromatic N) is 2. The molecule has 1 aromatic carbocycles. The van der Waals surface area contributed by atoms with Crippen LogP contribution in [0.5, 0.6) is 5.75 Å². The minimum absolute atomic E-state index is 0.0393. The Morgan fingerprint density at radius 2 is 2.04 bits per heavy atom. The average molecular weight is 371 g/mol. The Bertz CT molecular complexity index is 816. The number of carbonyl (C=O) groups excluding carboxylic acids is 1. The highest BCUT2D eigenvalue weighted by molar-refractivity contribution is 5.95. The van der Waals surface area contributed by atoms with E-state index >= 15 is 0 Å². The zero-order chi connectivity index (χ0) is 19.6. The Hall–Kier alpha value is -2.50. The van der Waals surface area contributed by atoms with Gasteiger partial charge in [-0.25, -0.2) is 4.79 Å². The lowest BCUT2D eigenvalue weighted by atomic mass is 9.95. The first kappa shape index (κ1) is 19.3. The molecule has 1 saturated heterocycles. The van der Waals surface area contributed by atoms with E-state index in [0.717, 1.165) is 41.9 Å². The van der Waals surface area contributed by atoms with E-state index in [2.05, 4.69) is 34.3 Å². The van der Waals surface area contributed by atoms with E-state index in [0.29, 0.717) is 5.92 Å². The van der Waals surface area contributed by atoms with E-state index in [1.165, 1.54) is 0 Å². The average Bonchev–Trinajstić information content (AvgIpc) is 2.58. The van der Waals surface area contributed by atoms with Crippen LogP contribution < -0.4 is 15.0 Å². The number of methoxy groups -OCH3 is 1. The molecule has 0 bridgehead atoms. The maximum Gasteiger partial charge on any atom is 0.407 e. The van der Waals surface area contributed by atoms with Gasteiger partial charge < -0.3 is 19.7 Å². The van der Waals surface area contributed by atoms with Crippen molar-refractivity contribution in [1.82, 2.24) is 10.3 Å². The van der Waals surface area contributed by atoms with Crippen LogP contribution in [-0.2, 0) is 4.74 Å². The number of nitrogens with one attached hydrogen (secondary N) is 1. The molecule has 6 nitrogen and oxygen atoms in total. The number of anilines is 1. The monoisotopic (exact) mass is 371 g/mol. The van der Waals surface area contributed by atoms with Gasteiger partial charge in [0.1, 0.15) is 16.9 Å². The minimum Gasteiger partial charge on any atom is -0.494 e. The molecule has 3 rings (SSSR count). The maximum atomic E-state index is 12.2. The summed E-state index contributed by atoms with van der Waals surface area (Å²) in [5.41, 5.74) is 1.47. The van der Waals surface area contributed by atoms with Crippen LogP contribution in [0, 0.1) is 5.92 Å². The predicted octanol–water partition coefficient (Wildman–Crippen LogP) is 3.98. The predicted molar refractivity (Wildman–Crippen MR) is 107 cm³/mol. The summed E-state index contributed by atoms with van der Waals surface area (Å²) in [5, 5.41) is 4.09. The van der Waals surface area contributed by atoms with Crippen molar-refractivity contribution >= 4 is 22.7 Å². The number of hydrogen-bond acceptors (Lipinski definition) is 5. The highest BCUT2D eigenvalue weighted by atomic mass is 16.6. The number of ether oxygens (including phenoxy) is 2. The van der Waals surface area contributed by atoms with Crippen molar-refractivity contribution in [3.63, 3.8) is 0 Å². The Labute approximate surface area is 160 Å². The highest BCUT2D eigenvalue weighted by Crippen LogP contribution is 2.34.